The van der Waals surface area contributed by atoms with E-state index in [9.17, 15) is 14.9 Å². The van der Waals surface area contributed by atoms with Crippen LogP contribution in [-0.2, 0) is 11.3 Å². The van der Waals surface area contributed by atoms with E-state index in [4.69, 9.17) is 17.3 Å². The molecule has 0 unspecified atom stereocenters. The molecule has 0 radical (unpaired) electrons. The fraction of sp³-hybridized carbons (Fsp3) is 0.300. The van der Waals surface area contributed by atoms with Crippen LogP contribution in [0.5, 0.6) is 0 Å². The first-order valence-corrected chi connectivity index (χ1v) is 5.30. The van der Waals surface area contributed by atoms with E-state index in [0.29, 0.717) is 23.7 Å². The quantitative estimate of drug-likeness (QED) is 0.455. The number of non-ortho nitro benzene ring substituents is 1. The lowest BCUT2D eigenvalue weighted by molar-refractivity contribution is -0.384. The molecule has 3 N–H and O–H groups in total. The molecule has 0 bridgehead atoms. The Balaban J connectivity index is 2.60. The summed E-state index contributed by atoms with van der Waals surface area (Å²) in [6.45, 7) is 0.766. The number of halogens is 1. The molecule has 0 saturated heterocycles. The van der Waals surface area contributed by atoms with Crippen LogP contribution in [0.25, 0.3) is 0 Å². The average molecular weight is 258 g/mol. The standard InChI is InChI=1S/C10H12ClN3O3/c11-9-2-1-8(14(16)17)5-7(9)6-13-4-3-10(12)15/h1-2,5,13H,3-4,6H2,(H2,12,15). The minimum absolute atomic E-state index is 0.0129. The van der Waals surface area contributed by atoms with Gasteiger partial charge in [0.2, 0.25) is 5.91 Å². The zero-order valence-corrected chi connectivity index (χ0v) is 9.74. The minimum atomic E-state index is -0.483. The SMILES string of the molecule is NC(=O)CCNCc1cc([N+](=O)[O-])ccc1Cl. The molecule has 0 spiro atoms. The number of amides is 1. The molecule has 17 heavy (non-hydrogen) atoms. The number of hydrogen-bond acceptors (Lipinski definition) is 4. The number of nitrogens with zero attached hydrogens (tertiary/aromatic N) is 1. The lowest BCUT2D eigenvalue weighted by Gasteiger charge is -2.05. The second-order valence-electron chi connectivity index (χ2n) is 3.43. The van der Waals surface area contributed by atoms with Crippen LogP contribution in [0.15, 0.2) is 18.2 Å². The second kappa shape index (κ2) is 6.17. The van der Waals surface area contributed by atoms with Crippen molar-refractivity contribution in [3.8, 4) is 0 Å². The van der Waals surface area contributed by atoms with Gasteiger partial charge in [-0.2, -0.15) is 0 Å². The van der Waals surface area contributed by atoms with Gasteiger partial charge >= 0.3 is 0 Å². The first-order valence-electron chi connectivity index (χ1n) is 4.92. The first-order chi connectivity index (χ1) is 8.00. The van der Waals surface area contributed by atoms with Gasteiger partial charge in [0.15, 0.2) is 0 Å². The van der Waals surface area contributed by atoms with Crippen LogP contribution in [0.3, 0.4) is 0 Å². The number of benzene rings is 1. The largest absolute Gasteiger partial charge is 0.370 e. The lowest BCUT2D eigenvalue weighted by Crippen LogP contribution is -2.21. The van der Waals surface area contributed by atoms with Crippen LogP contribution < -0.4 is 11.1 Å². The van der Waals surface area contributed by atoms with E-state index < -0.39 is 10.8 Å². The molecule has 6 nitrogen and oxygen atoms in total. The van der Waals surface area contributed by atoms with Crippen molar-refractivity contribution in [2.24, 2.45) is 5.73 Å². The third kappa shape index (κ3) is 4.38. The van der Waals surface area contributed by atoms with Crippen LogP contribution >= 0.6 is 11.6 Å². The maximum absolute atomic E-state index is 10.6. The van der Waals surface area contributed by atoms with Crippen LogP contribution in [-0.4, -0.2) is 17.4 Å². The highest BCUT2D eigenvalue weighted by molar-refractivity contribution is 6.31. The number of nitro benzene ring substituents is 1. The van der Waals surface area contributed by atoms with E-state index in [-0.39, 0.29) is 12.1 Å². The van der Waals surface area contributed by atoms with E-state index >= 15 is 0 Å². The van der Waals surface area contributed by atoms with E-state index in [1.165, 1.54) is 18.2 Å². The molecular formula is C10H12ClN3O3. The zero-order chi connectivity index (χ0) is 12.8. The van der Waals surface area contributed by atoms with Gasteiger partial charge in [0.05, 0.1) is 4.92 Å². The number of carbonyl (C=O) groups excluding carboxylic acids is 1. The van der Waals surface area contributed by atoms with Gasteiger partial charge in [-0.3, -0.25) is 14.9 Å². The minimum Gasteiger partial charge on any atom is -0.370 e. The van der Waals surface area contributed by atoms with Gasteiger partial charge in [0.1, 0.15) is 0 Å². The Labute approximate surface area is 103 Å². The van der Waals surface area contributed by atoms with Crippen LogP contribution in [0.2, 0.25) is 5.02 Å². The molecule has 1 amide bonds. The monoisotopic (exact) mass is 257 g/mol. The van der Waals surface area contributed by atoms with Crippen LogP contribution in [0.4, 0.5) is 5.69 Å². The summed E-state index contributed by atoms with van der Waals surface area (Å²) < 4.78 is 0. The highest BCUT2D eigenvalue weighted by atomic mass is 35.5. The highest BCUT2D eigenvalue weighted by Crippen LogP contribution is 2.21. The molecule has 0 aromatic heterocycles. The molecule has 0 aliphatic heterocycles. The number of nitrogens with one attached hydrogen (secondary N) is 1. The molecule has 0 saturated carbocycles. The second-order valence-corrected chi connectivity index (χ2v) is 3.83. The molecule has 1 rings (SSSR count). The van der Waals surface area contributed by atoms with Crippen molar-refractivity contribution < 1.29 is 9.72 Å². The molecule has 0 fully saturated rings. The normalized spacial score (nSPS) is 10.2. The van der Waals surface area contributed by atoms with Gasteiger partial charge in [-0.05, 0) is 11.6 Å². The smallest absolute Gasteiger partial charge is 0.269 e. The Morgan fingerprint density at radius 3 is 2.82 bits per heavy atom. The van der Waals surface area contributed by atoms with Gasteiger partial charge in [-0.15, -0.1) is 0 Å². The summed E-state index contributed by atoms with van der Waals surface area (Å²) in [6.07, 6.45) is 0.215. The zero-order valence-electron chi connectivity index (χ0n) is 8.98. The summed E-state index contributed by atoms with van der Waals surface area (Å²) in [6, 6.07) is 4.22. The Morgan fingerprint density at radius 1 is 1.53 bits per heavy atom. The molecule has 0 atom stereocenters. The van der Waals surface area contributed by atoms with E-state index in [1.807, 2.05) is 0 Å². The summed E-state index contributed by atoms with van der Waals surface area (Å²) in [5.74, 6) is -0.400. The third-order valence-electron chi connectivity index (χ3n) is 2.10. The summed E-state index contributed by atoms with van der Waals surface area (Å²) in [7, 11) is 0. The van der Waals surface area contributed by atoms with Crippen molar-refractivity contribution in [1.29, 1.82) is 0 Å². The molecule has 92 valence electrons. The van der Waals surface area contributed by atoms with Crippen molar-refractivity contribution >= 4 is 23.2 Å². The van der Waals surface area contributed by atoms with Crippen LogP contribution in [0, 0.1) is 10.1 Å². The molecule has 0 heterocycles. The van der Waals surface area contributed by atoms with E-state index in [0.717, 1.165) is 0 Å². The average Bonchev–Trinajstić information content (AvgIpc) is 2.25. The van der Waals surface area contributed by atoms with Gasteiger partial charge in [-0.1, -0.05) is 11.6 Å². The molecular weight excluding hydrogens is 246 g/mol. The van der Waals surface area contributed by atoms with E-state index in [1.54, 1.807) is 0 Å². The van der Waals surface area contributed by atoms with Crippen molar-refractivity contribution in [2.45, 2.75) is 13.0 Å². The summed E-state index contributed by atoms with van der Waals surface area (Å²) >= 11 is 5.89. The Kier molecular flexibility index (Phi) is 4.86. The summed E-state index contributed by atoms with van der Waals surface area (Å²) in [4.78, 5) is 20.6. The van der Waals surface area contributed by atoms with Gasteiger partial charge in [-0.25, -0.2) is 0 Å². The van der Waals surface area contributed by atoms with Gasteiger partial charge in [0.25, 0.3) is 5.69 Å². The first kappa shape index (κ1) is 13.4. The maximum Gasteiger partial charge on any atom is 0.269 e. The number of nitrogens with two attached hydrogens (primary N) is 1. The van der Waals surface area contributed by atoms with E-state index in [2.05, 4.69) is 5.32 Å². The summed E-state index contributed by atoms with van der Waals surface area (Å²) in [5.41, 5.74) is 5.57. The number of carbonyl (C=O) groups is 1. The molecule has 0 aliphatic rings. The van der Waals surface area contributed by atoms with Crippen molar-refractivity contribution in [3.63, 3.8) is 0 Å². The van der Waals surface area contributed by atoms with Crippen molar-refractivity contribution in [2.75, 3.05) is 6.54 Å². The number of nitro groups is 1. The number of rotatable bonds is 6. The molecule has 1 aromatic rings. The Morgan fingerprint density at radius 2 is 2.24 bits per heavy atom. The molecule has 7 heteroatoms. The maximum atomic E-state index is 10.6. The van der Waals surface area contributed by atoms with Crippen molar-refractivity contribution in [3.05, 3.63) is 38.9 Å². The molecule has 1 aromatic carbocycles. The topological polar surface area (TPSA) is 98.3 Å². The number of primary amides is 1. The van der Waals surface area contributed by atoms with Gasteiger partial charge < -0.3 is 11.1 Å². The lowest BCUT2D eigenvalue weighted by atomic mass is 10.2. The summed E-state index contributed by atoms with van der Waals surface area (Å²) in [5, 5.41) is 13.9. The molecule has 0 aliphatic carbocycles. The highest BCUT2D eigenvalue weighted by Gasteiger charge is 2.09. The fourth-order valence-corrected chi connectivity index (χ4v) is 1.43. The fourth-order valence-electron chi connectivity index (χ4n) is 1.24. The predicted octanol–water partition coefficient (Wildman–Crippen LogP) is 1.21. The number of hydrogen-bond donors (Lipinski definition) is 2. The van der Waals surface area contributed by atoms with Crippen LogP contribution in [0.1, 0.15) is 12.0 Å². The third-order valence-corrected chi connectivity index (χ3v) is 2.47. The predicted molar refractivity (Wildman–Crippen MR) is 63.6 cm³/mol. The Hall–Kier alpha value is -1.66. The van der Waals surface area contributed by atoms with Crippen molar-refractivity contribution in [1.82, 2.24) is 5.32 Å². The van der Waals surface area contributed by atoms with Gasteiger partial charge in [0, 0.05) is 36.7 Å². The Bertz CT molecular complexity index is 437.